The van der Waals surface area contributed by atoms with E-state index in [1.54, 1.807) is 24.3 Å². The van der Waals surface area contributed by atoms with Gasteiger partial charge in [-0.2, -0.15) is 4.98 Å². The van der Waals surface area contributed by atoms with Gasteiger partial charge in [0.05, 0.1) is 29.7 Å². The molecule has 0 spiro atoms. The summed E-state index contributed by atoms with van der Waals surface area (Å²) < 4.78 is 22.2. The molecule has 232 valence electrons. The molecule has 1 aromatic heterocycles. The first-order valence-corrected chi connectivity index (χ1v) is 13.2. The number of carbonyl (C=O) groups excluding carboxylic acids is 2. The van der Waals surface area contributed by atoms with Gasteiger partial charge < -0.3 is 24.1 Å². The molecule has 1 amide bonds. The Balaban J connectivity index is 1.23. The quantitative estimate of drug-likeness (QED) is 0.170. The summed E-state index contributed by atoms with van der Waals surface area (Å²) in [5.74, 6) is -0.0901. The second-order valence-electron chi connectivity index (χ2n) is 9.41. The van der Waals surface area contributed by atoms with Gasteiger partial charge in [0.1, 0.15) is 24.3 Å². The number of aromatic nitrogens is 2. The van der Waals surface area contributed by atoms with Crippen molar-refractivity contribution in [2.75, 3.05) is 25.1 Å². The minimum Gasteiger partial charge on any atom is -0.449 e. The van der Waals surface area contributed by atoms with Crippen molar-refractivity contribution in [1.29, 1.82) is 0 Å². The van der Waals surface area contributed by atoms with Crippen molar-refractivity contribution in [3.63, 3.8) is 0 Å². The van der Waals surface area contributed by atoms with Gasteiger partial charge in [0.15, 0.2) is 0 Å². The van der Waals surface area contributed by atoms with Gasteiger partial charge >= 0.3 is 17.9 Å². The molecular formula is C27H27N5O12. The monoisotopic (exact) mass is 613 g/mol. The number of carbonyl (C=O) groups is 2. The molecule has 1 fully saturated rings. The summed E-state index contributed by atoms with van der Waals surface area (Å²) in [6, 6.07) is 12.9. The molecule has 4 rings (SSSR count). The maximum Gasteiger partial charge on any atom is 0.508 e. The van der Waals surface area contributed by atoms with Crippen LogP contribution in [0.5, 0.6) is 0 Å². The Morgan fingerprint density at radius 1 is 0.955 bits per heavy atom. The zero-order chi connectivity index (χ0) is 31.6. The molecule has 3 atom stereocenters. The van der Waals surface area contributed by atoms with E-state index in [0.717, 1.165) is 10.1 Å². The summed E-state index contributed by atoms with van der Waals surface area (Å²) in [5.41, 5.74) is 0.529. The number of nitro groups is 2. The molecule has 1 aliphatic rings. The maximum absolute atomic E-state index is 12.6. The normalized spacial score (nSPS) is 17.4. The van der Waals surface area contributed by atoms with Gasteiger partial charge in [-0.3, -0.25) is 30.1 Å². The molecule has 3 aromatic rings. The lowest BCUT2D eigenvalue weighted by atomic mass is 10.1. The largest absolute Gasteiger partial charge is 0.508 e. The topological polar surface area (TPSA) is 224 Å². The number of non-ortho nitro benzene ring substituents is 2. The van der Waals surface area contributed by atoms with Crippen LogP contribution in [0.1, 0.15) is 23.8 Å². The Bertz CT molecular complexity index is 1540. The molecule has 0 saturated carbocycles. The average Bonchev–Trinajstić information content (AvgIpc) is 3.39. The van der Waals surface area contributed by atoms with Gasteiger partial charge in [0, 0.05) is 49.7 Å². The van der Waals surface area contributed by atoms with Crippen LogP contribution in [0.4, 0.5) is 26.8 Å². The molecule has 1 saturated heterocycles. The third-order valence-electron chi connectivity index (χ3n) is 6.51. The highest BCUT2D eigenvalue weighted by molar-refractivity contribution is 5.83. The zero-order valence-corrected chi connectivity index (χ0v) is 23.0. The Kier molecular flexibility index (Phi) is 10.5. The third kappa shape index (κ3) is 8.55. The number of rotatable bonds is 12. The van der Waals surface area contributed by atoms with Crippen molar-refractivity contribution in [1.82, 2.24) is 9.55 Å². The Labute approximate surface area is 248 Å². The number of amides is 1. The Hall–Kier alpha value is -5.42. The van der Waals surface area contributed by atoms with Gasteiger partial charge in [0.2, 0.25) is 0 Å². The summed E-state index contributed by atoms with van der Waals surface area (Å²) in [4.78, 5) is 61.2. The first kappa shape index (κ1) is 31.5. The fourth-order valence-corrected chi connectivity index (χ4v) is 4.24. The van der Waals surface area contributed by atoms with Crippen molar-refractivity contribution in [2.45, 2.75) is 37.7 Å². The van der Waals surface area contributed by atoms with E-state index in [4.69, 9.17) is 18.9 Å². The number of nitrogens with one attached hydrogen (secondary N) is 1. The van der Waals surface area contributed by atoms with E-state index in [-0.39, 0.29) is 43.2 Å². The summed E-state index contributed by atoms with van der Waals surface area (Å²) in [6.07, 6.45) is -2.80. The van der Waals surface area contributed by atoms with Crippen LogP contribution < -0.4 is 11.0 Å². The number of benzene rings is 2. The lowest BCUT2D eigenvalue weighted by Crippen LogP contribution is -2.30. The molecule has 2 N–H and O–H groups in total. The molecular weight excluding hydrogens is 586 g/mol. The summed E-state index contributed by atoms with van der Waals surface area (Å²) in [7, 11) is 0. The number of nitro benzene ring substituents is 2. The summed E-state index contributed by atoms with van der Waals surface area (Å²) >= 11 is 0. The fourth-order valence-electron chi connectivity index (χ4n) is 4.24. The minimum absolute atomic E-state index is 0.00171. The van der Waals surface area contributed by atoms with Gasteiger partial charge in [-0.05, 0) is 17.2 Å². The fraction of sp³-hybridized carbons (Fsp3) is 0.333. The number of hydrogen-bond donors (Lipinski definition) is 2. The van der Waals surface area contributed by atoms with E-state index in [2.05, 4.69) is 10.3 Å². The molecule has 17 heteroatoms. The SMILES string of the molecule is O=C(Nc1ccn([C@H]2C[C@H](OC(=O)OCCc3ccc([N+](=O)[O-])cc3)[C@@H](CO)O2)c(=O)n1)OCCc1ccc([N+](=O)[O-])cc1. The highest BCUT2D eigenvalue weighted by atomic mass is 16.7. The predicted octanol–water partition coefficient (Wildman–Crippen LogP) is 2.90. The van der Waals surface area contributed by atoms with E-state index in [0.29, 0.717) is 12.0 Å². The Morgan fingerprint density at radius 3 is 2.05 bits per heavy atom. The van der Waals surface area contributed by atoms with E-state index < -0.39 is 52.8 Å². The van der Waals surface area contributed by atoms with E-state index in [1.807, 2.05) is 0 Å². The Morgan fingerprint density at radius 2 is 1.52 bits per heavy atom. The van der Waals surface area contributed by atoms with Crippen LogP contribution in [0.3, 0.4) is 0 Å². The third-order valence-corrected chi connectivity index (χ3v) is 6.51. The first-order valence-electron chi connectivity index (χ1n) is 13.2. The number of aliphatic hydroxyl groups is 1. The van der Waals surface area contributed by atoms with Crippen LogP contribution in [0, 0.1) is 20.2 Å². The van der Waals surface area contributed by atoms with Crippen molar-refractivity contribution in [3.8, 4) is 0 Å². The van der Waals surface area contributed by atoms with Crippen LogP contribution in [0.2, 0.25) is 0 Å². The van der Waals surface area contributed by atoms with E-state index >= 15 is 0 Å². The van der Waals surface area contributed by atoms with E-state index in [9.17, 15) is 39.7 Å². The first-order chi connectivity index (χ1) is 21.1. The van der Waals surface area contributed by atoms with Gasteiger partial charge in [-0.1, -0.05) is 24.3 Å². The van der Waals surface area contributed by atoms with E-state index in [1.165, 1.54) is 36.5 Å². The standard InChI is InChI=1S/C27H27N5O12/c33-16-22-21(44-27(36)42-14-11-18-3-7-20(8-4-18)32(39)40)15-24(43-22)30-12-9-23(28-25(30)34)29-26(35)41-13-10-17-1-5-19(6-2-17)31(37)38/h1-9,12,21-22,24,33H,10-11,13-16H2,(H,28,29,34,35)/t21-,22+,24+/m0/s1. The van der Waals surface area contributed by atoms with Gasteiger partial charge in [-0.25, -0.2) is 14.4 Å². The van der Waals surface area contributed by atoms with Crippen LogP contribution in [-0.4, -0.2) is 68.8 Å². The second kappa shape index (κ2) is 14.7. The minimum atomic E-state index is -1.02. The van der Waals surface area contributed by atoms with Crippen LogP contribution in [0.25, 0.3) is 0 Å². The average molecular weight is 614 g/mol. The number of anilines is 1. The van der Waals surface area contributed by atoms with Gasteiger partial charge in [-0.15, -0.1) is 0 Å². The molecule has 2 heterocycles. The van der Waals surface area contributed by atoms with Crippen molar-refractivity contribution in [3.05, 3.63) is 103 Å². The number of aliphatic hydroxyl groups excluding tert-OH is 1. The number of nitrogens with zero attached hydrogens (tertiary/aromatic N) is 4. The summed E-state index contributed by atoms with van der Waals surface area (Å²) in [5, 5.41) is 33.5. The smallest absolute Gasteiger partial charge is 0.449 e. The lowest BCUT2D eigenvalue weighted by Gasteiger charge is -2.16. The lowest BCUT2D eigenvalue weighted by molar-refractivity contribution is -0.385. The molecule has 0 unspecified atom stereocenters. The molecule has 1 aliphatic heterocycles. The van der Waals surface area contributed by atoms with Crippen LogP contribution >= 0.6 is 0 Å². The highest BCUT2D eigenvalue weighted by Gasteiger charge is 2.39. The molecule has 17 nitrogen and oxygen atoms in total. The van der Waals surface area contributed by atoms with Crippen molar-refractivity contribution in [2.24, 2.45) is 0 Å². The number of ether oxygens (including phenoxy) is 4. The number of hydrogen-bond acceptors (Lipinski definition) is 13. The maximum atomic E-state index is 12.6. The molecule has 44 heavy (non-hydrogen) atoms. The highest BCUT2D eigenvalue weighted by Crippen LogP contribution is 2.30. The van der Waals surface area contributed by atoms with Crippen LogP contribution in [0.15, 0.2) is 65.6 Å². The molecule has 2 aromatic carbocycles. The van der Waals surface area contributed by atoms with Crippen LogP contribution in [-0.2, 0) is 31.8 Å². The second-order valence-corrected chi connectivity index (χ2v) is 9.41. The van der Waals surface area contributed by atoms with Gasteiger partial charge in [0.25, 0.3) is 11.4 Å². The predicted molar refractivity (Wildman–Crippen MR) is 149 cm³/mol. The summed E-state index contributed by atoms with van der Waals surface area (Å²) in [6.45, 7) is -0.598. The molecule has 0 bridgehead atoms. The van der Waals surface area contributed by atoms with Crippen molar-refractivity contribution < 1.29 is 43.5 Å². The molecule has 0 radical (unpaired) electrons. The van der Waals surface area contributed by atoms with Crippen molar-refractivity contribution >= 4 is 29.4 Å². The zero-order valence-electron chi connectivity index (χ0n) is 23.0. The molecule has 0 aliphatic carbocycles.